The van der Waals surface area contributed by atoms with E-state index in [1.165, 1.54) is 22.8 Å². The maximum atomic E-state index is 14.0. The number of hydrogen-bond donors (Lipinski definition) is 1. The maximum Gasteiger partial charge on any atom is 0.254 e. The van der Waals surface area contributed by atoms with Crippen molar-refractivity contribution in [2.24, 2.45) is 12.5 Å². The van der Waals surface area contributed by atoms with Gasteiger partial charge < -0.3 is 24.0 Å². The van der Waals surface area contributed by atoms with E-state index >= 15 is 0 Å². The van der Waals surface area contributed by atoms with Crippen LogP contribution in [0.4, 0.5) is 4.39 Å². The quantitative estimate of drug-likeness (QED) is 0.319. The van der Waals surface area contributed by atoms with Crippen LogP contribution in [0, 0.1) is 25.1 Å². The molecule has 1 aliphatic rings. The summed E-state index contributed by atoms with van der Waals surface area (Å²) >= 11 is 0. The maximum absolute atomic E-state index is 14.0. The van der Waals surface area contributed by atoms with Crippen LogP contribution in [0.2, 0.25) is 0 Å². The Balaban J connectivity index is 1.71. The fourth-order valence-corrected chi connectivity index (χ4v) is 5.72. The number of benzene rings is 2. The molecule has 0 radical (unpaired) electrons. The van der Waals surface area contributed by atoms with Crippen molar-refractivity contribution >= 4 is 5.91 Å². The summed E-state index contributed by atoms with van der Waals surface area (Å²) < 4.78 is 28.5. The summed E-state index contributed by atoms with van der Waals surface area (Å²) in [4.78, 5) is 27.5. The molecule has 1 fully saturated rings. The Bertz CT molecular complexity index is 1530. The highest BCUT2D eigenvalue weighted by molar-refractivity contribution is 5.81. The Labute approximate surface area is 254 Å². The Hall–Kier alpha value is -3.65. The zero-order chi connectivity index (χ0) is 31.9. The number of rotatable bonds is 7. The number of carbonyl (C=O) groups excluding carboxylic acids is 1. The molecule has 1 saturated carbocycles. The molecular weight excluding hydrogens is 547 g/mol. The number of ether oxygens (including phenoxy) is 2. The van der Waals surface area contributed by atoms with Gasteiger partial charge in [0.1, 0.15) is 23.1 Å². The molecule has 0 bridgehead atoms. The number of pyridine rings is 1. The van der Waals surface area contributed by atoms with Gasteiger partial charge in [-0.3, -0.25) is 9.59 Å². The van der Waals surface area contributed by atoms with Gasteiger partial charge in [-0.05, 0) is 94.3 Å². The summed E-state index contributed by atoms with van der Waals surface area (Å²) in [6.07, 6.45) is 4.66. The molecule has 0 aliphatic heterocycles. The number of hydrogen-bond acceptors (Lipinski definition) is 5. The molecule has 1 heterocycles. The fraction of sp³-hybridized carbons (Fsp3) is 0.486. The minimum absolute atomic E-state index is 0.122. The van der Waals surface area contributed by atoms with Crippen molar-refractivity contribution in [3.63, 3.8) is 0 Å². The van der Waals surface area contributed by atoms with Gasteiger partial charge in [0.25, 0.3) is 5.56 Å². The van der Waals surface area contributed by atoms with E-state index in [2.05, 4.69) is 0 Å². The lowest BCUT2D eigenvalue weighted by atomic mass is 9.89. The predicted octanol–water partition coefficient (Wildman–Crippen LogP) is 7.02. The molecule has 0 spiro atoms. The van der Waals surface area contributed by atoms with Crippen molar-refractivity contribution in [3.05, 3.63) is 75.5 Å². The van der Waals surface area contributed by atoms with Gasteiger partial charge in [-0.15, -0.1) is 0 Å². The fourth-order valence-electron chi connectivity index (χ4n) is 5.72. The number of halogens is 1. The van der Waals surface area contributed by atoms with Gasteiger partial charge in [-0.25, -0.2) is 4.39 Å². The van der Waals surface area contributed by atoms with Crippen LogP contribution in [-0.4, -0.2) is 39.7 Å². The number of aliphatic hydroxyl groups is 1. The Morgan fingerprint density at radius 2 is 1.56 bits per heavy atom. The van der Waals surface area contributed by atoms with Crippen molar-refractivity contribution in [2.45, 2.75) is 91.9 Å². The summed E-state index contributed by atoms with van der Waals surface area (Å²) in [7, 11) is 3.55. The summed E-state index contributed by atoms with van der Waals surface area (Å²) in [5.41, 5.74) is 1.45. The molecule has 3 aromatic rings. The largest absolute Gasteiger partial charge is 0.490 e. The molecule has 0 saturated heterocycles. The third-order valence-electron chi connectivity index (χ3n) is 8.25. The second-order valence-electron chi connectivity index (χ2n) is 13.5. The summed E-state index contributed by atoms with van der Waals surface area (Å²) in [5, 5.41) is 10.9. The standard InChI is InChI=1S/C35H45FN2O5/c1-21-16-24(36)17-22(2)32(21)43-29-15-10-23(35(6,7)41)18-27(29)28-20-37(8)31(39)19-30(28)42-26-13-11-25(12-14-26)38(9)33(40)34(3,4)5/h10,15-20,25-26,41H,11-14H2,1-9H3/t25-,26-. The highest BCUT2D eigenvalue weighted by Gasteiger charge is 2.33. The van der Waals surface area contributed by atoms with E-state index in [4.69, 9.17) is 9.47 Å². The molecule has 8 heteroatoms. The first-order chi connectivity index (χ1) is 20.0. The van der Waals surface area contributed by atoms with Gasteiger partial charge in [0.15, 0.2) is 0 Å². The number of carbonyl (C=O) groups is 1. The molecule has 1 aliphatic carbocycles. The molecular formula is C35H45FN2O5. The third-order valence-corrected chi connectivity index (χ3v) is 8.25. The molecule has 2 aromatic carbocycles. The van der Waals surface area contributed by atoms with Gasteiger partial charge in [-0.2, -0.15) is 0 Å². The minimum atomic E-state index is -1.13. The molecule has 43 heavy (non-hydrogen) atoms. The number of aryl methyl sites for hydroxylation is 3. The van der Waals surface area contributed by atoms with Crippen LogP contribution >= 0.6 is 0 Å². The van der Waals surface area contributed by atoms with Crippen LogP contribution in [-0.2, 0) is 17.4 Å². The molecule has 7 nitrogen and oxygen atoms in total. The molecule has 1 aromatic heterocycles. The SMILES string of the molecule is Cc1cc(F)cc(C)c1Oc1ccc(C(C)(C)O)cc1-c1cn(C)c(=O)cc1O[C@H]1CC[C@H](N(C)C(=O)C(C)(C)C)CC1. The molecule has 1 amide bonds. The Kier molecular flexibility index (Phi) is 9.12. The van der Waals surface area contributed by atoms with E-state index in [0.717, 1.165) is 25.7 Å². The van der Waals surface area contributed by atoms with E-state index in [-0.39, 0.29) is 29.4 Å². The first-order valence-corrected chi connectivity index (χ1v) is 14.9. The van der Waals surface area contributed by atoms with Crippen LogP contribution < -0.4 is 15.0 Å². The molecule has 1 N–H and O–H groups in total. The smallest absolute Gasteiger partial charge is 0.254 e. The zero-order valence-corrected chi connectivity index (χ0v) is 26.9. The highest BCUT2D eigenvalue weighted by atomic mass is 19.1. The van der Waals surface area contributed by atoms with Gasteiger partial charge in [-0.1, -0.05) is 26.8 Å². The average Bonchev–Trinajstić information content (AvgIpc) is 2.91. The van der Waals surface area contributed by atoms with Crippen molar-refractivity contribution in [1.82, 2.24) is 9.47 Å². The van der Waals surface area contributed by atoms with Gasteiger partial charge in [0.2, 0.25) is 5.91 Å². The zero-order valence-electron chi connectivity index (χ0n) is 26.9. The number of amides is 1. The second kappa shape index (κ2) is 12.2. The van der Waals surface area contributed by atoms with Crippen molar-refractivity contribution in [3.8, 4) is 28.4 Å². The first kappa shape index (κ1) is 32.3. The summed E-state index contributed by atoms with van der Waals surface area (Å²) in [6, 6.07) is 9.92. The van der Waals surface area contributed by atoms with Gasteiger partial charge in [0.05, 0.1) is 11.7 Å². The van der Waals surface area contributed by atoms with Gasteiger partial charge >= 0.3 is 0 Å². The van der Waals surface area contributed by atoms with E-state index < -0.39 is 11.0 Å². The monoisotopic (exact) mass is 592 g/mol. The summed E-state index contributed by atoms with van der Waals surface area (Å²) in [6.45, 7) is 12.8. The van der Waals surface area contributed by atoms with Crippen molar-refractivity contribution in [1.29, 1.82) is 0 Å². The Morgan fingerprint density at radius 1 is 0.953 bits per heavy atom. The Morgan fingerprint density at radius 3 is 2.12 bits per heavy atom. The minimum Gasteiger partial charge on any atom is -0.490 e. The third kappa shape index (κ3) is 7.29. The van der Waals surface area contributed by atoms with Crippen LogP contribution in [0.25, 0.3) is 11.1 Å². The number of aromatic nitrogens is 1. The van der Waals surface area contributed by atoms with Crippen LogP contribution in [0.5, 0.6) is 17.2 Å². The predicted molar refractivity (Wildman–Crippen MR) is 167 cm³/mol. The molecule has 0 atom stereocenters. The first-order valence-electron chi connectivity index (χ1n) is 14.9. The molecule has 4 rings (SSSR count). The van der Waals surface area contributed by atoms with E-state index in [0.29, 0.717) is 45.1 Å². The summed E-state index contributed by atoms with van der Waals surface area (Å²) in [5.74, 6) is 1.24. The lowest BCUT2D eigenvalue weighted by molar-refractivity contribution is -0.141. The van der Waals surface area contributed by atoms with E-state index in [1.54, 1.807) is 53.1 Å². The highest BCUT2D eigenvalue weighted by Crippen LogP contribution is 2.42. The van der Waals surface area contributed by atoms with Crippen molar-refractivity contribution in [2.75, 3.05) is 7.05 Å². The van der Waals surface area contributed by atoms with E-state index in [1.807, 2.05) is 38.8 Å². The van der Waals surface area contributed by atoms with E-state index in [9.17, 15) is 19.1 Å². The number of nitrogens with zero attached hydrogens (tertiary/aromatic N) is 2. The topological polar surface area (TPSA) is 81.0 Å². The van der Waals surface area contributed by atoms with Crippen molar-refractivity contribution < 1.29 is 23.8 Å². The van der Waals surface area contributed by atoms with Crippen LogP contribution in [0.3, 0.4) is 0 Å². The lowest BCUT2D eigenvalue weighted by Gasteiger charge is -2.37. The van der Waals surface area contributed by atoms with Crippen LogP contribution in [0.15, 0.2) is 47.4 Å². The molecule has 0 unspecified atom stereocenters. The van der Waals surface area contributed by atoms with Gasteiger partial charge in [0, 0.05) is 48.9 Å². The second-order valence-corrected chi connectivity index (χ2v) is 13.5. The van der Waals surface area contributed by atoms with Crippen LogP contribution in [0.1, 0.15) is 77.0 Å². The lowest BCUT2D eigenvalue weighted by Crippen LogP contribution is -2.45. The normalized spacial score (nSPS) is 17.5. The average molecular weight is 593 g/mol. The molecule has 232 valence electrons.